The summed E-state index contributed by atoms with van der Waals surface area (Å²) in [6, 6.07) is 0. The number of halogens is 1. The second kappa shape index (κ2) is 5.44. The average molecular weight is 352 g/mol. The molecule has 0 saturated heterocycles. The first-order valence-corrected chi connectivity index (χ1v) is 7.48. The van der Waals surface area contributed by atoms with Crippen LogP contribution in [-0.2, 0) is 6.54 Å². The molecular formula is C13H14BrN5O2. The van der Waals surface area contributed by atoms with Crippen LogP contribution in [0.2, 0.25) is 0 Å². The molecule has 8 heteroatoms. The van der Waals surface area contributed by atoms with Crippen LogP contribution in [0.3, 0.4) is 0 Å². The molecule has 0 bridgehead atoms. The highest BCUT2D eigenvalue weighted by molar-refractivity contribution is 9.10. The summed E-state index contributed by atoms with van der Waals surface area (Å²) in [4.78, 5) is 15.4. The van der Waals surface area contributed by atoms with E-state index in [1.165, 1.54) is 0 Å². The molecule has 0 amide bonds. The summed E-state index contributed by atoms with van der Waals surface area (Å²) in [7, 11) is 0. The Hall–Kier alpha value is -1.96. The minimum absolute atomic E-state index is 0.370. The van der Waals surface area contributed by atoms with Crippen molar-refractivity contribution in [1.82, 2.24) is 24.4 Å². The molecule has 0 atom stereocenters. The monoisotopic (exact) mass is 351 g/mol. The van der Waals surface area contributed by atoms with Gasteiger partial charge in [-0.05, 0) is 29.3 Å². The molecule has 0 fully saturated rings. The van der Waals surface area contributed by atoms with E-state index in [1.807, 2.05) is 0 Å². The number of nitrogens with zero attached hydrogens (tertiary/aromatic N) is 5. The van der Waals surface area contributed by atoms with E-state index in [0.717, 1.165) is 25.7 Å². The van der Waals surface area contributed by atoms with Crippen molar-refractivity contribution in [2.45, 2.75) is 33.2 Å². The number of carbonyl (C=O) groups excluding carboxylic acids is 1. The highest BCUT2D eigenvalue weighted by Crippen LogP contribution is 2.28. The average Bonchev–Trinajstić information content (AvgIpc) is 3.08. The second-order valence-electron chi connectivity index (χ2n) is 4.75. The van der Waals surface area contributed by atoms with Gasteiger partial charge in [-0.1, -0.05) is 13.3 Å². The Labute approximate surface area is 129 Å². The van der Waals surface area contributed by atoms with Gasteiger partial charge in [-0.15, -0.1) is 5.10 Å². The summed E-state index contributed by atoms with van der Waals surface area (Å²) < 4.78 is 9.33. The van der Waals surface area contributed by atoms with Crippen molar-refractivity contribution < 1.29 is 9.21 Å². The SMILES string of the molecule is CCCCn1cc(C=O)c(-c2c(C)oc3nc(Br)nn23)n1. The summed E-state index contributed by atoms with van der Waals surface area (Å²) in [5.41, 5.74) is 1.74. The van der Waals surface area contributed by atoms with Crippen molar-refractivity contribution in [3.63, 3.8) is 0 Å². The van der Waals surface area contributed by atoms with Gasteiger partial charge in [0.1, 0.15) is 17.1 Å². The number of aldehydes is 1. The van der Waals surface area contributed by atoms with Gasteiger partial charge in [-0.2, -0.15) is 14.6 Å². The van der Waals surface area contributed by atoms with Crippen LogP contribution in [0.1, 0.15) is 35.9 Å². The Morgan fingerprint density at radius 1 is 1.43 bits per heavy atom. The lowest BCUT2D eigenvalue weighted by Crippen LogP contribution is -1.99. The topological polar surface area (TPSA) is 78.2 Å². The maximum Gasteiger partial charge on any atom is 0.326 e. The fourth-order valence-electron chi connectivity index (χ4n) is 2.23. The molecule has 7 nitrogen and oxygen atoms in total. The Morgan fingerprint density at radius 2 is 2.24 bits per heavy atom. The molecule has 3 heterocycles. The number of hydrogen-bond acceptors (Lipinski definition) is 5. The molecule has 21 heavy (non-hydrogen) atoms. The van der Waals surface area contributed by atoms with E-state index in [4.69, 9.17) is 4.42 Å². The van der Waals surface area contributed by atoms with Gasteiger partial charge in [0.15, 0.2) is 6.29 Å². The number of carbonyl (C=O) groups is 1. The first-order chi connectivity index (χ1) is 10.1. The fourth-order valence-corrected chi connectivity index (χ4v) is 2.54. The van der Waals surface area contributed by atoms with Gasteiger partial charge >= 0.3 is 5.84 Å². The van der Waals surface area contributed by atoms with E-state index in [0.29, 0.717) is 33.3 Å². The smallest absolute Gasteiger partial charge is 0.326 e. The zero-order valence-corrected chi connectivity index (χ0v) is 13.3. The van der Waals surface area contributed by atoms with E-state index >= 15 is 0 Å². The van der Waals surface area contributed by atoms with Gasteiger partial charge in [0.2, 0.25) is 4.73 Å². The number of fused-ring (bicyclic) bond motifs is 1. The van der Waals surface area contributed by atoms with Crippen molar-refractivity contribution in [3.8, 4) is 11.4 Å². The first-order valence-electron chi connectivity index (χ1n) is 6.68. The molecule has 3 rings (SSSR count). The fraction of sp³-hybridized carbons (Fsp3) is 0.385. The van der Waals surface area contributed by atoms with Crippen molar-refractivity contribution in [2.75, 3.05) is 0 Å². The molecule has 0 aliphatic carbocycles. The van der Waals surface area contributed by atoms with Crippen molar-refractivity contribution in [2.24, 2.45) is 0 Å². The summed E-state index contributed by atoms with van der Waals surface area (Å²) in [5, 5.41) is 8.72. The van der Waals surface area contributed by atoms with E-state index in [2.05, 4.69) is 38.0 Å². The number of aryl methyl sites for hydroxylation is 2. The van der Waals surface area contributed by atoms with Gasteiger partial charge in [0.25, 0.3) is 0 Å². The standard InChI is InChI=1S/C13H14BrN5O2/c1-3-4-5-18-6-9(7-20)10(16-18)11-8(2)21-13-15-12(14)17-19(11)13/h6-7H,3-5H2,1-2H3. The van der Waals surface area contributed by atoms with Gasteiger partial charge in [-0.3, -0.25) is 9.48 Å². The quantitative estimate of drug-likeness (QED) is 0.660. The van der Waals surface area contributed by atoms with Crippen LogP contribution < -0.4 is 0 Å². The van der Waals surface area contributed by atoms with E-state index < -0.39 is 0 Å². The molecule has 3 aromatic heterocycles. The lowest BCUT2D eigenvalue weighted by molar-refractivity contribution is 0.112. The maximum atomic E-state index is 11.3. The molecule has 3 aromatic rings. The first kappa shape index (κ1) is 14.0. The summed E-state index contributed by atoms with van der Waals surface area (Å²) in [6.07, 6.45) is 4.63. The maximum absolute atomic E-state index is 11.3. The van der Waals surface area contributed by atoms with Crippen molar-refractivity contribution in [3.05, 3.63) is 22.3 Å². The Kier molecular flexibility index (Phi) is 3.62. The van der Waals surface area contributed by atoms with Crippen LogP contribution in [0.4, 0.5) is 0 Å². The lowest BCUT2D eigenvalue weighted by Gasteiger charge is -1.98. The predicted octanol–water partition coefficient (Wildman–Crippen LogP) is 2.87. The molecule has 110 valence electrons. The molecule has 0 unspecified atom stereocenters. The molecule has 0 radical (unpaired) electrons. The zero-order chi connectivity index (χ0) is 15.0. The number of rotatable bonds is 5. The van der Waals surface area contributed by atoms with Gasteiger partial charge in [0.05, 0.1) is 5.56 Å². The molecule has 0 saturated carbocycles. The van der Waals surface area contributed by atoms with Crippen molar-refractivity contribution in [1.29, 1.82) is 0 Å². The molecular weight excluding hydrogens is 338 g/mol. The minimum atomic E-state index is 0.370. The minimum Gasteiger partial charge on any atom is -0.427 e. The van der Waals surface area contributed by atoms with Crippen LogP contribution >= 0.6 is 15.9 Å². The van der Waals surface area contributed by atoms with Gasteiger partial charge in [0, 0.05) is 12.7 Å². The molecule has 0 aliphatic heterocycles. The number of aromatic nitrogens is 5. The molecule has 0 aliphatic rings. The summed E-state index contributed by atoms with van der Waals surface area (Å²) in [5.74, 6) is 0.996. The van der Waals surface area contributed by atoms with Crippen LogP contribution in [0.25, 0.3) is 17.2 Å². The third-order valence-corrected chi connectivity index (χ3v) is 3.56. The molecule has 0 N–H and O–H groups in total. The number of unbranched alkanes of at least 4 members (excludes halogenated alkanes) is 1. The third-order valence-electron chi connectivity index (χ3n) is 3.22. The lowest BCUT2D eigenvalue weighted by atomic mass is 10.2. The largest absolute Gasteiger partial charge is 0.427 e. The zero-order valence-electron chi connectivity index (χ0n) is 11.7. The van der Waals surface area contributed by atoms with Crippen LogP contribution in [0.15, 0.2) is 15.3 Å². The third kappa shape index (κ3) is 2.39. The highest BCUT2D eigenvalue weighted by atomic mass is 79.9. The summed E-state index contributed by atoms with van der Waals surface area (Å²) in [6.45, 7) is 4.69. The van der Waals surface area contributed by atoms with Crippen LogP contribution in [-0.4, -0.2) is 30.7 Å². The Morgan fingerprint density at radius 3 is 2.95 bits per heavy atom. The highest BCUT2D eigenvalue weighted by Gasteiger charge is 2.22. The molecule has 0 spiro atoms. The van der Waals surface area contributed by atoms with E-state index in [-0.39, 0.29) is 0 Å². The molecule has 0 aromatic carbocycles. The van der Waals surface area contributed by atoms with Crippen LogP contribution in [0.5, 0.6) is 0 Å². The number of oxazole rings is 1. The van der Waals surface area contributed by atoms with E-state index in [9.17, 15) is 4.79 Å². The number of hydrogen-bond donors (Lipinski definition) is 0. The predicted molar refractivity (Wildman–Crippen MR) is 79.2 cm³/mol. The van der Waals surface area contributed by atoms with E-state index in [1.54, 1.807) is 22.3 Å². The van der Waals surface area contributed by atoms with Gasteiger partial charge in [-0.25, -0.2) is 0 Å². The van der Waals surface area contributed by atoms with Crippen molar-refractivity contribution >= 4 is 28.1 Å². The Balaban J connectivity index is 2.14. The normalized spacial score (nSPS) is 11.4. The summed E-state index contributed by atoms with van der Waals surface area (Å²) >= 11 is 3.21. The van der Waals surface area contributed by atoms with Crippen LogP contribution in [0, 0.1) is 6.92 Å². The second-order valence-corrected chi connectivity index (χ2v) is 5.46. The Bertz CT molecular complexity index is 801. The van der Waals surface area contributed by atoms with Gasteiger partial charge < -0.3 is 4.42 Å².